The van der Waals surface area contributed by atoms with Gasteiger partial charge in [0.1, 0.15) is 4.90 Å². The van der Waals surface area contributed by atoms with Crippen molar-refractivity contribution in [2.24, 2.45) is 11.0 Å². The summed E-state index contributed by atoms with van der Waals surface area (Å²) in [5.74, 6) is 4.94. The minimum Gasteiger partial charge on any atom is -0.323 e. The summed E-state index contributed by atoms with van der Waals surface area (Å²) in [6.45, 7) is -0.0301. The molecule has 0 saturated heterocycles. The van der Waals surface area contributed by atoms with Crippen molar-refractivity contribution in [1.29, 1.82) is 0 Å². The van der Waals surface area contributed by atoms with E-state index in [1.807, 2.05) is 0 Å². The van der Waals surface area contributed by atoms with Gasteiger partial charge in [0, 0.05) is 6.54 Å². The van der Waals surface area contributed by atoms with Crippen LogP contribution in [0.3, 0.4) is 0 Å². The topological polar surface area (TPSA) is 144 Å². The second-order valence-corrected chi connectivity index (χ2v) is 7.23. The van der Waals surface area contributed by atoms with Crippen LogP contribution in [0, 0.1) is 0 Å². The van der Waals surface area contributed by atoms with Gasteiger partial charge in [0.15, 0.2) is 0 Å². The summed E-state index contributed by atoms with van der Waals surface area (Å²) in [5.41, 5.74) is 2.53. The molecule has 1 aromatic rings. The summed E-state index contributed by atoms with van der Waals surface area (Å²) in [5, 5.41) is 4.81. The van der Waals surface area contributed by atoms with Gasteiger partial charge in [-0.1, -0.05) is 12.1 Å². The summed E-state index contributed by atoms with van der Waals surface area (Å²) in [4.78, 5) is -0.00638. The largest absolute Gasteiger partial charge is 0.323 e. The summed E-state index contributed by atoms with van der Waals surface area (Å²) in [7, 11) is -7.34. The van der Waals surface area contributed by atoms with Crippen LogP contribution in [-0.4, -0.2) is 29.1 Å². The van der Waals surface area contributed by atoms with Gasteiger partial charge in [0.2, 0.25) is 20.0 Å². The van der Waals surface area contributed by atoms with Crippen LogP contribution < -0.4 is 21.1 Å². The van der Waals surface area contributed by atoms with E-state index in [1.54, 1.807) is 12.1 Å². The maximum atomic E-state index is 11.9. The number of nitrogen functional groups attached to an aromatic ring is 1. The van der Waals surface area contributed by atoms with Crippen LogP contribution in [0.15, 0.2) is 29.2 Å². The van der Waals surface area contributed by atoms with Crippen LogP contribution >= 0.6 is 0 Å². The first-order chi connectivity index (χ1) is 8.76. The summed E-state index contributed by atoms with van der Waals surface area (Å²) in [6.07, 6.45) is 0.0935. The fourth-order valence-corrected chi connectivity index (χ4v) is 3.17. The molecule has 0 radical (unpaired) electrons. The molecule has 0 aliphatic rings. The van der Waals surface area contributed by atoms with E-state index in [0.717, 1.165) is 0 Å². The molecule has 0 aromatic heterocycles. The molecule has 0 unspecified atom stereocenters. The van der Waals surface area contributed by atoms with Gasteiger partial charge < -0.3 is 5.43 Å². The highest BCUT2D eigenvalue weighted by Gasteiger charge is 2.17. The number of primary sulfonamides is 1. The van der Waals surface area contributed by atoms with Crippen LogP contribution in [0.5, 0.6) is 0 Å². The molecule has 0 spiro atoms. The first-order valence-corrected chi connectivity index (χ1v) is 8.52. The molecule has 6 N–H and O–H groups in total. The van der Waals surface area contributed by atoms with Crippen molar-refractivity contribution in [2.45, 2.75) is 11.3 Å². The van der Waals surface area contributed by atoms with Gasteiger partial charge in [-0.15, -0.1) is 0 Å². The average Bonchev–Trinajstić information content (AvgIpc) is 2.33. The molecule has 0 amide bonds. The maximum Gasteiger partial charge on any atom is 0.242 e. The molecule has 1 rings (SSSR count). The number of nitrogens with two attached hydrogens (primary N) is 2. The second-order valence-electron chi connectivity index (χ2n) is 3.76. The van der Waals surface area contributed by atoms with Crippen molar-refractivity contribution in [3.63, 3.8) is 0 Å². The summed E-state index contributed by atoms with van der Waals surface area (Å²) in [6, 6.07) is 6.09. The number of hydrazine groups is 1. The molecule has 8 nitrogen and oxygen atoms in total. The van der Waals surface area contributed by atoms with Gasteiger partial charge >= 0.3 is 0 Å². The predicted octanol–water partition coefficient (Wildman–Crippen LogP) is -1.07. The molecule has 108 valence electrons. The monoisotopic (exact) mass is 308 g/mol. The van der Waals surface area contributed by atoms with E-state index in [4.69, 9.17) is 11.0 Å². The number of rotatable bonds is 7. The van der Waals surface area contributed by atoms with Crippen molar-refractivity contribution in [2.75, 3.05) is 17.7 Å². The minimum absolute atomic E-state index is 0.00638. The molecule has 10 heteroatoms. The Morgan fingerprint density at radius 3 is 2.32 bits per heavy atom. The number of para-hydroxylation sites is 1. The van der Waals surface area contributed by atoms with Crippen molar-refractivity contribution in [3.8, 4) is 0 Å². The smallest absolute Gasteiger partial charge is 0.242 e. The SMILES string of the molecule is NNc1ccccc1S(=O)(=O)NCCCS(N)(=O)=O. The fraction of sp³-hybridized carbons (Fsp3) is 0.333. The lowest BCUT2D eigenvalue weighted by Crippen LogP contribution is -2.28. The maximum absolute atomic E-state index is 11.9. The van der Waals surface area contributed by atoms with Crippen LogP contribution in [0.2, 0.25) is 0 Å². The Kier molecular flexibility index (Phi) is 5.26. The van der Waals surface area contributed by atoms with E-state index in [2.05, 4.69) is 10.1 Å². The van der Waals surface area contributed by atoms with Crippen LogP contribution in [0.4, 0.5) is 5.69 Å². The zero-order chi connectivity index (χ0) is 14.5. The molecule has 19 heavy (non-hydrogen) atoms. The molecular weight excluding hydrogens is 292 g/mol. The zero-order valence-electron chi connectivity index (χ0n) is 10.0. The lowest BCUT2D eigenvalue weighted by Gasteiger charge is -2.10. The second kappa shape index (κ2) is 6.30. The number of hydrogen-bond acceptors (Lipinski definition) is 6. The van der Waals surface area contributed by atoms with Crippen molar-refractivity contribution in [3.05, 3.63) is 24.3 Å². The van der Waals surface area contributed by atoms with E-state index in [-0.39, 0.29) is 29.3 Å². The number of benzene rings is 1. The van der Waals surface area contributed by atoms with Gasteiger partial charge in [0.05, 0.1) is 11.4 Å². The third-order valence-corrected chi connectivity index (χ3v) is 4.61. The fourth-order valence-electron chi connectivity index (χ4n) is 1.38. The number of anilines is 1. The van der Waals surface area contributed by atoms with Gasteiger partial charge in [-0.05, 0) is 18.6 Å². The van der Waals surface area contributed by atoms with Gasteiger partial charge in [-0.3, -0.25) is 5.84 Å². The first-order valence-electron chi connectivity index (χ1n) is 5.32. The molecule has 1 aromatic carbocycles. The Morgan fingerprint density at radius 2 is 1.74 bits per heavy atom. The summed E-state index contributed by atoms with van der Waals surface area (Å²) >= 11 is 0. The van der Waals surface area contributed by atoms with Crippen molar-refractivity contribution >= 4 is 25.7 Å². The Morgan fingerprint density at radius 1 is 1.11 bits per heavy atom. The molecule has 0 aliphatic heterocycles. The molecule has 0 saturated carbocycles. The molecular formula is C9H16N4O4S2. The normalized spacial score (nSPS) is 12.3. The van der Waals surface area contributed by atoms with Gasteiger partial charge in [0.25, 0.3) is 0 Å². The Hall–Kier alpha value is -1.20. The van der Waals surface area contributed by atoms with E-state index in [0.29, 0.717) is 0 Å². The lowest BCUT2D eigenvalue weighted by molar-refractivity contribution is 0.577. The molecule has 0 fully saturated rings. The highest BCUT2D eigenvalue weighted by molar-refractivity contribution is 7.89. The third kappa shape index (κ3) is 5.12. The molecule has 0 bridgehead atoms. The average molecular weight is 308 g/mol. The van der Waals surface area contributed by atoms with Crippen LogP contribution in [-0.2, 0) is 20.0 Å². The number of hydrogen-bond donors (Lipinski definition) is 4. The van der Waals surface area contributed by atoms with E-state index in [9.17, 15) is 16.8 Å². The molecule has 0 heterocycles. The standard InChI is InChI=1S/C9H16N4O4S2/c10-13-8-4-1-2-5-9(8)19(16,17)12-6-3-7-18(11,14)15/h1-2,4-5,12-13H,3,6-7,10H2,(H2,11,14,15). The lowest BCUT2D eigenvalue weighted by atomic mass is 10.3. The molecule has 0 atom stereocenters. The van der Waals surface area contributed by atoms with Crippen molar-refractivity contribution < 1.29 is 16.8 Å². The predicted molar refractivity (Wildman–Crippen MR) is 72.0 cm³/mol. The van der Waals surface area contributed by atoms with E-state index >= 15 is 0 Å². The highest BCUT2D eigenvalue weighted by atomic mass is 32.2. The quantitative estimate of drug-likeness (QED) is 0.287. The Bertz CT molecular complexity index is 627. The number of nitrogens with one attached hydrogen (secondary N) is 2. The zero-order valence-corrected chi connectivity index (χ0v) is 11.7. The van der Waals surface area contributed by atoms with Crippen LogP contribution in [0.25, 0.3) is 0 Å². The highest BCUT2D eigenvalue weighted by Crippen LogP contribution is 2.19. The Balaban J connectivity index is 2.71. The minimum atomic E-state index is -3.75. The summed E-state index contributed by atoms with van der Waals surface area (Å²) < 4.78 is 47.6. The van der Waals surface area contributed by atoms with Gasteiger partial charge in [-0.25, -0.2) is 26.7 Å². The molecule has 0 aliphatic carbocycles. The number of sulfonamides is 2. The van der Waals surface area contributed by atoms with Crippen molar-refractivity contribution in [1.82, 2.24) is 4.72 Å². The van der Waals surface area contributed by atoms with Gasteiger partial charge in [-0.2, -0.15) is 0 Å². The van der Waals surface area contributed by atoms with E-state index in [1.165, 1.54) is 12.1 Å². The van der Waals surface area contributed by atoms with E-state index < -0.39 is 20.0 Å². The Labute approximate surface area is 112 Å². The third-order valence-electron chi connectivity index (χ3n) is 2.23. The first kappa shape index (κ1) is 15.9. The van der Waals surface area contributed by atoms with Crippen LogP contribution in [0.1, 0.15) is 6.42 Å².